The van der Waals surface area contributed by atoms with Crippen LogP contribution in [0.15, 0.2) is 40.2 Å². The molecule has 180 valence electrons. The van der Waals surface area contributed by atoms with Gasteiger partial charge in [0.1, 0.15) is 15.7 Å². The molecule has 0 aliphatic carbocycles. The Morgan fingerprint density at radius 3 is 2.70 bits per heavy atom. The fourth-order valence-corrected chi connectivity index (χ4v) is 6.18. The lowest BCUT2D eigenvalue weighted by atomic mass is 10.0. The van der Waals surface area contributed by atoms with Crippen LogP contribution < -0.4 is 15.6 Å². The highest BCUT2D eigenvalue weighted by atomic mass is 35.5. The Balaban J connectivity index is 1.42. The summed E-state index contributed by atoms with van der Waals surface area (Å²) in [7, 11) is -2.25. The molecule has 0 spiro atoms. The van der Waals surface area contributed by atoms with Crippen LogP contribution in [0.25, 0.3) is 0 Å². The number of nitrogens with zero attached hydrogens (tertiary/aromatic N) is 3. The molecule has 1 atom stereocenters. The van der Waals surface area contributed by atoms with Gasteiger partial charge < -0.3 is 14.8 Å². The third-order valence-corrected chi connectivity index (χ3v) is 8.54. The number of hydrogen-bond acceptors (Lipinski definition) is 7. The van der Waals surface area contributed by atoms with Gasteiger partial charge in [0.2, 0.25) is 10.0 Å². The molecule has 2 fully saturated rings. The number of piperidine rings is 1. The summed E-state index contributed by atoms with van der Waals surface area (Å²) in [4.78, 5) is 13.0. The van der Waals surface area contributed by atoms with Crippen molar-refractivity contribution in [3.63, 3.8) is 0 Å². The highest BCUT2D eigenvalue weighted by molar-refractivity contribution is 7.89. The standard InChI is InChI=1S/C22H29ClN4O5S/c1-31-19-6-2-3-7-20(19)33(29,30)26-10-8-17(9-11-26)27-22(28)21(23)18(14-25-27)24-13-16-5-4-12-32-15-16/h2-3,6-7,14,16-17,24H,4-5,8-13,15H2,1H3/t16-/m1/s1. The van der Waals surface area contributed by atoms with E-state index in [2.05, 4.69) is 10.4 Å². The average molecular weight is 497 g/mol. The van der Waals surface area contributed by atoms with Gasteiger partial charge >= 0.3 is 0 Å². The van der Waals surface area contributed by atoms with Gasteiger partial charge in [-0.3, -0.25) is 4.79 Å². The van der Waals surface area contributed by atoms with Crippen LogP contribution in [0.1, 0.15) is 31.7 Å². The minimum absolute atomic E-state index is 0.103. The topological polar surface area (TPSA) is 103 Å². The van der Waals surface area contributed by atoms with Crippen molar-refractivity contribution in [1.82, 2.24) is 14.1 Å². The predicted octanol–water partition coefficient (Wildman–Crippen LogP) is 2.77. The highest BCUT2D eigenvalue weighted by Gasteiger charge is 2.32. The normalized spacial score (nSPS) is 20.5. The van der Waals surface area contributed by atoms with E-state index in [1.807, 2.05) is 0 Å². The Morgan fingerprint density at radius 1 is 1.24 bits per heavy atom. The minimum Gasteiger partial charge on any atom is -0.495 e. The molecule has 0 unspecified atom stereocenters. The van der Waals surface area contributed by atoms with Crippen molar-refractivity contribution in [3.05, 3.63) is 45.8 Å². The van der Waals surface area contributed by atoms with Crippen molar-refractivity contribution in [2.24, 2.45) is 5.92 Å². The maximum atomic E-state index is 13.1. The smallest absolute Gasteiger partial charge is 0.287 e. The molecule has 1 N–H and O–H groups in total. The molecule has 2 aliphatic heterocycles. The van der Waals surface area contributed by atoms with Crippen molar-refractivity contribution >= 4 is 27.3 Å². The number of methoxy groups -OCH3 is 1. The van der Waals surface area contributed by atoms with E-state index in [0.29, 0.717) is 43.3 Å². The van der Waals surface area contributed by atoms with Gasteiger partial charge in [0.25, 0.3) is 5.56 Å². The Bertz CT molecular complexity index is 1130. The fraction of sp³-hybridized carbons (Fsp3) is 0.545. The van der Waals surface area contributed by atoms with E-state index in [4.69, 9.17) is 21.1 Å². The highest BCUT2D eigenvalue weighted by Crippen LogP contribution is 2.30. The van der Waals surface area contributed by atoms with Crippen LogP contribution >= 0.6 is 11.6 Å². The van der Waals surface area contributed by atoms with Gasteiger partial charge in [-0.05, 0) is 43.7 Å². The van der Waals surface area contributed by atoms with Crippen LogP contribution in [0.4, 0.5) is 5.69 Å². The molecule has 0 radical (unpaired) electrons. The first-order chi connectivity index (χ1) is 15.9. The summed E-state index contributed by atoms with van der Waals surface area (Å²) in [5, 5.41) is 7.66. The van der Waals surface area contributed by atoms with Crippen molar-refractivity contribution in [3.8, 4) is 5.75 Å². The zero-order valence-corrected chi connectivity index (χ0v) is 20.1. The van der Waals surface area contributed by atoms with Gasteiger partial charge in [-0.25, -0.2) is 13.1 Å². The Kier molecular flexibility index (Phi) is 7.58. The van der Waals surface area contributed by atoms with Crippen molar-refractivity contribution in [2.45, 2.75) is 36.6 Å². The summed E-state index contributed by atoms with van der Waals surface area (Å²) in [6.45, 7) is 2.72. The van der Waals surface area contributed by atoms with E-state index < -0.39 is 10.0 Å². The molecular weight excluding hydrogens is 468 g/mol. The van der Waals surface area contributed by atoms with Crippen LogP contribution in [0.3, 0.4) is 0 Å². The zero-order chi connectivity index (χ0) is 23.4. The van der Waals surface area contributed by atoms with E-state index in [9.17, 15) is 13.2 Å². The minimum atomic E-state index is -3.70. The van der Waals surface area contributed by atoms with E-state index >= 15 is 0 Å². The number of para-hydroxylation sites is 1. The maximum absolute atomic E-state index is 13.1. The Morgan fingerprint density at radius 2 is 2.00 bits per heavy atom. The summed E-state index contributed by atoms with van der Waals surface area (Å²) >= 11 is 6.36. The third-order valence-electron chi connectivity index (χ3n) is 6.24. The Labute approximate surface area is 198 Å². The molecule has 9 nitrogen and oxygen atoms in total. The lowest BCUT2D eigenvalue weighted by Crippen LogP contribution is -2.41. The molecule has 3 heterocycles. The molecule has 0 bridgehead atoms. The Hall–Kier alpha value is -2.14. The first kappa shape index (κ1) is 24.0. The zero-order valence-electron chi connectivity index (χ0n) is 18.6. The fourth-order valence-electron chi connectivity index (χ4n) is 4.35. The van der Waals surface area contributed by atoms with Crippen LogP contribution in [-0.4, -0.2) is 62.5 Å². The summed E-state index contributed by atoms with van der Waals surface area (Å²) in [6.07, 6.45) is 4.61. The molecule has 1 aromatic heterocycles. The molecule has 0 amide bonds. The second-order valence-electron chi connectivity index (χ2n) is 8.37. The van der Waals surface area contributed by atoms with E-state index in [1.165, 1.54) is 22.2 Å². The van der Waals surface area contributed by atoms with Gasteiger partial charge in [0.05, 0.1) is 31.6 Å². The molecular formula is C22H29ClN4O5S. The number of hydrogen-bond donors (Lipinski definition) is 1. The second-order valence-corrected chi connectivity index (χ2v) is 10.7. The number of rotatable bonds is 7. The summed E-state index contributed by atoms with van der Waals surface area (Å²) < 4.78 is 39.7. The number of nitrogens with one attached hydrogen (secondary N) is 1. The number of benzene rings is 1. The molecule has 11 heteroatoms. The lowest BCUT2D eigenvalue weighted by Gasteiger charge is -2.32. The third kappa shape index (κ3) is 5.18. The van der Waals surface area contributed by atoms with Gasteiger partial charge in [-0.1, -0.05) is 23.7 Å². The molecule has 0 saturated carbocycles. The number of anilines is 1. The van der Waals surface area contributed by atoms with E-state index in [1.54, 1.807) is 24.4 Å². The summed E-state index contributed by atoms with van der Waals surface area (Å²) in [5.41, 5.74) is 0.146. The first-order valence-electron chi connectivity index (χ1n) is 11.1. The average Bonchev–Trinajstić information content (AvgIpc) is 2.85. The molecule has 33 heavy (non-hydrogen) atoms. The number of ether oxygens (including phenoxy) is 2. The number of aromatic nitrogens is 2. The first-order valence-corrected chi connectivity index (χ1v) is 13.0. The van der Waals surface area contributed by atoms with E-state index in [0.717, 1.165) is 19.4 Å². The largest absolute Gasteiger partial charge is 0.495 e. The second kappa shape index (κ2) is 10.4. The van der Waals surface area contributed by atoms with Crippen LogP contribution in [0.5, 0.6) is 5.75 Å². The van der Waals surface area contributed by atoms with Crippen molar-refractivity contribution in [2.75, 3.05) is 45.3 Å². The molecule has 2 aliphatic rings. The van der Waals surface area contributed by atoms with Crippen molar-refractivity contribution in [1.29, 1.82) is 0 Å². The predicted molar refractivity (Wildman–Crippen MR) is 126 cm³/mol. The van der Waals surface area contributed by atoms with Crippen LogP contribution in [0.2, 0.25) is 5.02 Å². The molecule has 1 aromatic carbocycles. The van der Waals surface area contributed by atoms with Gasteiger partial charge in [-0.2, -0.15) is 9.40 Å². The summed E-state index contributed by atoms with van der Waals surface area (Å²) in [5.74, 6) is 0.693. The quantitative estimate of drug-likeness (QED) is 0.628. The van der Waals surface area contributed by atoms with Crippen molar-refractivity contribution < 1.29 is 17.9 Å². The van der Waals surface area contributed by atoms with Gasteiger partial charge in [0, 0.05) is 26.2 Å². The van der Waals surface area contributed by atoms with E-state index in [-0.39, 0.29) is 34.6 Å². The summed E-state index contributed by atoms with van der Waals surface area (Å²) in [6, 6.07) is 6.34. The SMILES string of the molecule is COc1ccccc1S(=O)(=O)N1CCC(n2ncc(NC[C@H]3CCCOC3)c(Cl)c2=O)CC1. The molecule has 2 saturated heterocycles. The van der Waals surface area contributed by atoms with Crippen LogP contribution in [0, 0.1) is 5.92 Å². The van der Waals surface area contributed by atoms with Gasteiger partial charge in [0.15, 0.2) is 0 Å². The number of sulfonamides is 1. The molecule has 2 aromatic rings. The monoisotopic (exact) mass is 496 g/mol. The van der Waals surface area contributed by atoms with Gasteiger partial charge in [-0.15, -0.1) is 0 Å². The molecule has 4 rings (SSSR count). The number of halogens is 1. The lowest BCUT2D eigenvalue weighted by molar-refractivity contribution is 0.0595. The maximum Gasteiger partial charge on any atom is 0.287 e. The van der Waals surface area contributed by atoms with Crippen LogP contribution in [-0.2, 0) is 14.8 Å².